The molecule has 0 spiro atoms. The topological polar surface area (TPSA) is 99.4 Å². The van der Waals surface area contributed by atoms with Crippen LogP contribution in [0.1, 0.15) is 31.0 Å². The van der Waals surface area contributed by atoms with E-state index in [1.54, 1.807) is 56.3 Å². The molecule has 0 fully saturated rings. The highest BCUT2D eigenvalue weighted by Gasteiger charge is 2.33. The van der Waals surface area contributed by atoms with Crippen LogP contribution >= 0.6 is 22.9 Å². The Morgan fingerprint density at radius 1 is 1.20 bits per heavy atom. The van der Waals surface area contributed by atoms with Crippen molar-refractivity contribution in [2.24, 2.45) is 4.99 Å². The van der Waals surface area contributed by atoms with Gasteiger partial charge in [-0.1, -0.05) is 35.1 Å². The number of phenols is 1. The maximum atomic E-state index is 13.6. The molecule has 182 valence electrons. The Balaban J connectivity index is 1.95. The van der Waals surface area contributed by atoms with Crippen LogP contribution in [0, 0.1) is 0 Å². The highest BCUT2D eigenvalue weighted by molar-refractivity contribution is 7.07. The maximum Gasteiger partial charge on any atom is 0.338 e. The minimum Gasteiger partial charge on any atom is -0.502 e. The number of allylic oxidation sites excluding steroid dienone is 1. The van der Waals surface area contributed by atoms with Crippen molar-refractivity contribution in [2.45, 2.75) is 19.9 Å². The first-order chi connectivity index (χ1) is 16.8. The molecule has 35 heavy (non-hydrogen) atoms. The summed E-state index contributed by atoms with van der Waals surface area (Å²) in [5.41, 5.74) is 1.73. The summed E-state index contributed by atoms with van der Waals surface area (Å²) in [7, 11) is 2.86. The second kappa shape index (κ2) is 9.97. The molecule has 1 aromatic heterocycles. The van der Waals surface area contributed by atoms with E-state index in [1.165, 1.54) is 30.1 Å². The number of aromatic nitrogens is 1. The van der Waals surface area contributed by atoms with Gasteiger partial charge in [0.05, 0.1) is 42.7 Å². The zero-order valence-corrected chi connectivity index (χ0v) is 21.1. The first kappa shape index (κ1) is 24.6. The zero-order chi connectivity index (χ0) is 25.3. The van der Waals surface area contributed by atoms with Gasteiger partial charge in [0.1, 0.15) is 0 Å². The van der Waals surface area contributed by atoms with Crippen LogP contribution in [-0.2, 0) is 9.53 Å². The molecule has 3 aromatic rings. The van der Waals surface area contributed by atoms with Crippen molar-refractivity contribution < 1.29 is 24.1 Å². The van der Waals surface area contributed by atoms with Crippen molar-refractivity contribution in [3.8, 4) is 17.2 Å². The largest absolute Gasteiger partial charge is 0.502 e. The van der Waals surface area contributed by atoms with Crippen LogP contribution in [0.2, 0.25) is 5.02 Å². The Morgan fingerprint density at radius 2 is 1.83 bits per heavy atom. The quantitative estimate of drug-likeness (QED) is 0.507. The SMILES string of the molecule is CCOC(=O)C1=C(C)N=c2s/c(=C/c3cc(OC)c(O)c(OC)c3)c(=O)n2[C@H]1c1ccc(Cl)cc1. The van der Waals surface area contributed by atoms with Crippen molar-refractivity contribution in [1.29, 1.82) is 0 Å². The molecule has 2 aromatic carbocycles. The lowest BCUT2D eigenvalue weighted by molar-refractivity contribution is -0.139. The number of carbonyl (C=O) groups is 1. The number of fused-ring (bicyclic) bond motifs is 1. The van der Waals surface area contributed by atoms with Gasteiger partial charge in [-0.25, -0.2) is 9.79 Å². The van der Waals surface area contributed by atoms with Crippen LogP contribution in [0.5, 0.6) is 17.2 Å². The van der Waals surface area contributed by atoms with E-state index >= 15 is 0 Å². The molecular weight excluding hydrogens is 492 g/mol. The molecule has 1 aliphatic heterocycles. The third kappa shape index (κ3) is 4.56. The normalized spacial score (nSPS) is 15.5. The number of esters is 1. The van der Waals surface area contributed by atoms with Crippen molar-refractivity contribution in [3.05, 3.63) is 83.5 Å². The van der Waals surface area contributed by atoms with Crippen LogP contribution in [-0.4, -0.2) is 36.5 Å². The van der Waals surface area contributed by atoms with E-state index in [9.17, 15) is 14.7 Å². The fourth-order valence-electron chi connectivity index (χ4n) is 3.90. The monoisotopic (exact) mass is 514 g/mol. The number of phenolic OH excluding ortho intramolecular Hbond substituents is 1. The third-order valence-electron chi connectivity index (χ3n) is 5.50. The van der Waals surface area contributed by atoms with Crippen molar-refractivity contribution >= 4 is 35.0 Å². The minimum absolute atomic E-state index is 0.133. The first-order valence-corrected chi connectivity index (χ1v) is 11.9. The van der Waals surface area contributed by atoms with Gasteiger partial charge in [0.25, 0.3) is 5.56 Å². The summed E-state index contributed by atoms with van der Waals surface area (Å²) in [6, 6.07) is 9.44. The fraction of sp³-hybridized carbons (Fsp3) is 0.240. The molecule has 0 amide bonds. The van der Waals surface area contributed by atoms with Crippen molar-refractivity contribution in [3.63, 3.8) is 0 Å². The van der Waals surface area contributed by atoms with Crippen LogP contribution in [0.25, 0.3) is 6.08 Å². The number of ether oxygens (including phenoxy) is 3. The molecule has 0 bridgehead atoms. The molecule has 4 rings (SSSR count). The average molecular weight is 515 g/mol. The molecule has 0 saturated carbocycles. The number of nitrogens with zero attached hydrogens (tertiary/aromatic N) is 2. The van der Waals surface area contributed by atoms with Crippen molar-refractivity contribution in [2.75, 3.05) is 20.8 Å². The predicted molar refractivity (Wildman–Crippen MR) is 133 cm³/mol. The van der Waals surface area contributed by atoms with Crippen LogP contribution < -0.4 is 24.4 Å². The Hall–Kier alpha value is -3.56. The minimum atomic E-state index is -0.728. The lowest BCUT2D eigenvalue weighted by Gasteiger charge is -2.24. The summed E-state index contributed by atoms with van der Waals surface area (Å²) in [6.07, 6.45) is 1.66. The lowest BCUT2D eigenvalue weighted by atomic mass is 9.96. The zero-order valence-electron chi connectivity index (χ0n) is 19.5. The second-order valence-corrected chi connectivity index (χ2v) is 9.07. The van der Waals surface area contributed by atoms with Crippen LogP contribution in [0.4, 0.5) is 0 Å². The Morgan fingerprint density at radius 3 is 2.40 bits per heavy atom. The van der Waals surface area contributed by atoms with Gasteiger partial charge in [-0.2, -0.15) is 0 Å². The van der Waals surface area contributed by atoms with E-state index in [2.05, 4.69) is 4.99 Å². The number of benzene rings is 2. The van der Waals surface area contributed by atoms with E-state index in [1.807, 2.05) is 0 Å². The number of aromatic hydroxyl groups is 1. The lowest BCUT2D eigenvalue weighted by Crippen LogP contribution is -2.39. The van der Waals surface area contributed by atoms with Gasteiger partial charge in [0.15, 0.2) is 16.3 Å². The maximum absolute atomic E-state index is 13.6. The van der Waals surface area contributed by atoms with Gasteiger partial charge in [-0.05, 0) is 55.3 Å². The molecule has 0 unspecified atom stereocenters. The number of thiazole rings is 1. The predicted octanol–water partition coefficient (Wildman–Crippen LogP) is 3.17. The highest BCUT2D eigenvalue weighted by Crippen LogP contribution is 2.37. The van der Waals surface area contributed by atoms with Gasteiger partial charge in [0.2, 0.25) is 5.75 Å². The Labute approximate surface area is 210 Å². The molecular formula is C25H23ClN2O6S. The average Bonchev–Trinajstić information content (AvgIpc) is 3.14. The molecule has 2 heterocycles. The standard InChI is InChI=1S/C25H23ClN2O6S/c1-5-34-24(31)20-13(2)27-25-28(21(20)15-6-8-16(26)9-7-15)23(30)19(35-25)12-14-10-17(32-3)22(29)18(11-14)33-4/h6-12,21,29H,5H2,1-4H3/b19-12+/t21-/m0/s1. The second-order valence-electron chi connectivity index (χ2n) is 7.63. The van der Waals surface area contributed by atoms with Gasteiger partial charge in [0, 0.05) is 5.02 Å². The van der Waals surface area contributed by atoms with Crippen molar-refractivity contribution in [1.82, 2.24) is 4.57 Å². The molecule has 8 nitrogen and oxygen atoms in total. The molecule has 1 aliphatic rings. The summed E-state index contributed by atoms with van der Waals surface area (Å²) in [6.45, 7) is 3.64. The van der Waals surface area contributed by atoms with Gasteiger partial charge >= 0.3 is 5.97 Å². The number of rotatable bonds is 6. The number of carbonyl (C=O) groups excluding carboxylic acids is 1. The van der Waals surface area contributed by atoms with E-state index < -0.39 is 12.0 Å². The number of methoxy groups -OCH3 is 2. The van der Waals surface area contributed by atoms with Gasteiger partial charge in [-0.3, -0.25) is 9.36 Å². The molecule has 1 atom stereocenters. The number of hydrogen-bond donors (Lipinski definition) is 1. The third-order valence-corrected chi connectivity index (χ3v) is 6.74. The summed E-state index contributed by atoms with van der Waals surface area (Å²) in [4.78, 5) is 31.6. The highest BCUT2D eigenvalue weighted by atomic mass is 35.5. The first-order valence-electron chi connectivity index (χ1n) is 10.7. The summed E-state index contributed by atoms with van der Waals surface area (Å²) in [5.74, 6) is -0.243. The van der Waals surface area contributed by atoms with E-state index in [0.717, 1.165) is 0 Å². The summed E-state index contributed by atoms with van der Waals surface area (Å²) < 4.78 is 17.6. The molecule has 10 heteroatoms. The van der Waals surface area contributed by atoms with Gasteiger partial charge in [-0.15, -0.1) is 0 Å². The fourth-order valence-corrected chi connectivity index (χ4v) is 5.07. The molecule has 0 radical (unpaired) electrons. The van der Waals surface area contributed by atoms with Crippen LogP contribution in [0.15, 0.2) is 57.5 Å². The van der Waals surface area contributed by atoms with E-state index in [4.69, 9.17) is 25.8 Å². The number of halogens is 1. The molecule has 1 N–H and O–H groups in total. The number of hydrogen-bond acceptors (Lipinski definition) is 8. The van der Waals surface area contributed by atoms with Gasteiger partial charge < -0.3 is 19.3 Å². The molecule has 0 aliphatic carbocycles. The van der Waals surface area contributed by atoms with E-state index in [0.29, 0.717) is 36.8 Å². The molecule has 0 saturated heterocycles. The Kier molecular flexibility index (Phi) is 7.00. The smallest absolute Gasteiger partial charge is 0.338 e. The summed E-state index contributed by atoms with van der Waals surface area (Å²) >= 11 is 7.27. The van der Waals surface area contributed by atoms with Crippen LogP contribution in [0.3, 0.4) is 0 Å². The summed E-state index contributed by atoms with van der Waals surface area (Å²) in [5, 5.41) is 10.7. The Bertz CT molecular complexity index is 1480. The van der Waals surface area contributed by atoms with E-state index in [-0.39, 0.29) is 29.4 Å².